The zero-order valence-corrected chi connectivity index (χ0v) is 20.6. The van der Waals surface area contributed by atoms with Gasteiger partial charge in [-0.3, -0.25) is 4.79 Å². The lowest BCUT2D eigenvalue weighted by molar-refractivity contribution is -0.131. The van der Waals surface area contributed by atoms with E-state index in [9.17, 15) is 15.0 Å². The van der Waals surface area contributed by atoms with E-state index < -0.39 is 5.60 Å². The van der Waals surface area contributed by atoms with E-state index in [1.165, 1.54) is 16.8 Å². The number of hydrogen-bond acceptors (Lipinski definition) is 4. The first kappa shape index (κ1) is 23.1. The summed E-state index contributed by atoms with van der Waals surface area (Å²) in [7, 11) is 4.16. The first-order valence-electron chi connectivity index (χ1n) is 13.1. The van der Waals surface area contributed by atoms with Crippen molar-refractivity contribution in [1.29, 1.82) is 0 Å². The minimum absolute atomic E-state index is 0.125. The average Bonchev–Trinajstić information content (AvgIpc) is 3.07. The van der Waals surface area contributed by atoms with Crippen LogP contribution in [-0.4, -0.2) is 42.3 Å². The maximum atomic E-state index is 12.2. The van der Waals surface area contributed by atoms with Gasteiger partial charge in [0.1, 0.15) is 0 Å². The van der Waals surface area contributed by atoms with E-state index in [4.69, 9.17) is 0 Å². The molecule has 4 heteroatoms. The van der Waals surface area contributed by atoms with Crippen molar-refractivity contribution in [2.45, 2.75) is 76.2 Å². The van der Waals surface area contributed by atoms with Gasteiger partial charge in [0.2, 0.25) is 0 Å². The molecule has 0 saturated heterocycles. The van der Waals surface area contributed by atoms with Crippen LogP contribution in [0.1, 0.15) is 76.2 Å². The van der Waals surface area contributed by atoms with Gasteiger partial charge in [-0.25, -0.2) is 0 Å². The van der Waals surface area contributed by atoms with E-state index in [0.29, 0.717) is 54.6 Å². The van der Waals surface area contributed by atoms with Gasteiger partial charge < -0.3 is 15.1 Å². The number of fused-ring (bicyclic) bond motifs is 5. The zero-order valence-electron chi connectivity index (χ0n) is 20.6. The number of nitrogens with zero attached hydrogens (tertiary/aromatic N) is 1. The molecule has 0 radical (unpaired) electrons. The Morgan fingerprint density at radius 1 is 1.06 bits per heavy atom. The summed E-state index contributed by atoms with van der Waals surface area (Å²) in [6.07, 6.45) is 10.2. The minimum atomic E-state index is -0.689. The quantitative estimate of drug-likeness (QED) is 0.654. The Morgan fingerprint density at radius 2 is 1.82 bits per heavy atom. The second-order valence-corrected chi connectivity index (χ2v) is 11.8. The molecule has 0 aromatic heterocycles. The Kier molecular flexibility index (Phi) is 5.98. The molecular formula is C29H41NO3. The summed E-state index contributed by atoms with van der Waals surface area (Å²) in [6.45, 7) is 2.50. The molecule has 4 nitrogen and oxygen atoms in total. The Morgan fingerprint density at radius 3 is 2.52 bits per heavy atom. The molecule has 1 aromatic carbocycles. The van der Waals surface area contributed by atoms with Gasteiger partial charge in [-0.15, -0.1) is 0 Å². The summed E-state index contributed by atoms with van der Waals surface area (Å²) in [5, 5.41) is 21.5. The van der Waals surface area contributed by atoms with Crippen LogP contribution in [0.3, 0.4) is 0 Å². The van der Waals surface area contributed by atoms with Crippen molar-refractivity contribution in [2.75, 3.05) is 25.6 Å². The lowest BCUT2D eigenvalue weighted by Gasteiger charge is -2.59. The van der Waals surface area contributed by atoms with Gasteiger partial charge in [-0.2, -0.15) is 0 Å². The van der Waals surface area contributed by atoms with E-state index >= 15 is 0 Å². The number of ketones is 1. The molecule has 5 rings (SSSR count). The molecular weight excluding hydrogens is 410 g/mol. The molecule has 3 fully saturated rings. The van der Waals surface area contributed by atoms with Gasteiger partial charge in [0.25, 0.3) is 0 Å². The van der Waals surface area contributed by atoms with Crippen molar-refractivity contribution < 1.29 is 15.0 Å². The van der Waals surface area contributed by atoms with Gasteiger partial charge in [-0.05, 0) is 110 Å². The molecule has 2 unspecified atom stereocenters. The van der Waals surface area contributed by atoms with Crippen LogP contribution in [-0.2, 0) is 4.79 Å². The molecule has 4 aliphatic rings. The molecule has 0 aliphatic heterocycles. The molecule has 0 amide bonds. The summed E-state index contributed by atoms with van der Waals surface area (Å²) in [4.78, 5) is 14.4. The summed E-state index contributed by atoms with van der Waals surface area (Å²) in [5.41, 5.74) is 3.19. The number of aliphatic hydroxyl groups excluding tert-OH is 1. The first-order valence-corrected chi connectivity index (χ1v) is 13.1. The average molecular weight is 452 g/mol. The maximum absolute atomic E-state index is 12.2. The molecule has 4 aliphatic carbocycles. The van der Waals surface area contributed by atoms with Gasteiger partial charge in [-0.1, -0.05) is 24.6 Å². The number of hydrogen-bond donors (Lipinski definition) is 2. The highest BCUT2D eigenvalue weighted by Crippen LogP contribution is 2.68. The molecule has 7 atom stereocenters. The highest BCUT2D eigenvalue weighted by Gasteiger charge is 2.64. The third-order valence-corrected chi connectivity index (χ3v) is 10.2. The first-order chi connectivity index (χ1) is 15.8. The zero-order chi connectivity index (χ0) is 23.4. The lowest BCUT2D eigenvalue weighted by Crippen LogP contribution is -2.55. The van der Waals surface area contributed by atoms with Crippen LogP contribution in [0.4, 0.5) is 5.69 Å². The SMILES string of the molecule is CN(C)c1ccc([C@@H]2C[C@]3(C)[C@@H](CC[C@]3(O)CCCO)[C@H]3CCC4=CC(=O)CCC4C23)cc1. The summed E-state index contributed by atoms with van der Waals surface area (Å²) in [5.74, 6) is 2.90. The van der Waals surface area contributed by atoms with Crippen LogP contribution in [0.25, 0.3) is 0 Å². The third-order valence-electron chi connectivity index (χ3n) is 10.2. The minimum Gasteiger partial charge on any atom is -0.396 e. The van der Waals surface area contributed by atoms with Crippen molar-refractivity contribution in [3.8, 4) is 0 Å². The second-order valence-electron chi connectivity index (χ2n) is 11.8. The van der Waals surface area contributed by atoms with E-state index in [0.717, 1.165) is 38.5 Å². The summed E-state index contributed by atoms with van der Waals surface area (Å²) in [6, 6.07) is 9.09. The van der Waals surface area contributed by atoms with Crippen LogP contribution in [0, 0.1) is 29.1 Å². The van der Waals surface area contributed by atoms with Crippen LogP contribution < -0.4 is 4.90 Å². The van der Waals surface area contributed by atoms with Crippen LogP contribution in [0.5, 0.6) is 0 Å². The largest absolute Gasteiger partial charge is 0.396 e. The van der Waals surface area contributed by atoms with Gasteiger partial charge in [0.05, 0.1) is 5.60 Å². The van der Waals surface area contributed by atoms with Gasteiger partial charge in [0.15, 0.2) is 5.78 Å². The lowest BCUT2D eigenvalue weighted by atomic mass is 9.46. The van der Waals surface area contributed by atoms with Crippen molar-refractivity contribution in [3.63, 3.8) is 0 Å². The fraction of sp³-hybridized carbons (Fsp3) is 0.690. The topological polar surface area (TPSA) is 60.8 Å². The monoisotopic (exact) mass is 451 g/mol. The van der Waals surface area contributed by atoms with Crippen LogP contribution in [0.2, 0.25) is 0 Å². The van der Waals surface area contributed by atoms with E-state index in [-0.39, 0.29) is 12.0 Å². The molecule has 2 N–H and O–H groups in total. The van der Waals surface area contributed by atoms with E-state index in [2.05, 4.69) is 50.2 Å². The molecule has 3 saturated carbocycles. The standard InChI is InChI=1S/C29H41NO3/c1-28-18-25(19-5-8-21(9-6-19)30(2)3)27-23-12-10-22(32)17-20(23)7-11-24(27)26(28)13-15-29(28,33)14-4-16-31/h5-6,8-9,17,23-27,31,33H,4,7,10-16,18H2,1-3H3/t23?,24-,25+,26+,27?,28-,29-/m1/s1. The highest BCUT2D eigenvalue weighted by atomic mass is 16.3. The highest BCUT2D eigenvalue weighted by molar-refractivity contribution is 5.91. The number of aliphatic hydroxyl groups is 2. The predicted octanol–water partition coefficient (Wildman–Crippen LogP) is 5.09. The Hall–Kier alpha value is -1.65. The fourth-order valence-electron chi connectivity index (χ4n) is 8.54. The van der Waals surface area contributed by atoms with Crippen LogP contribution in [0.15, 0.2) is 35.9 Å². The number of allylic oxidation sites excluding steroid dienone is 1. The Labute approximate surface area is 199 Å². The van der Waals surface area contributed by atoms with Crippen molar-refractivity contribution in [1.82, 2.24) is 0 Å². The van der Waals surface area contributed by atoms with Crippen LogP contribution >= 0.6 is 0 Å². The number of anilines is 1. The predicted molar refractivity (Wildman–Crippen MR) is 132 cm³/mol. The summed E-state index contributed by atoms with van der Waals surface area (Å²) < 4.78 is 0. The van der Waals surface area contributed by atoms with Crippen molar-refractivity contribution >= 4 is 11.5 Å². The molecule has 0 heterocycles. The Bertz CT molecular complexity index is 921. The molecule has 1 aromatic rings. The second kappa shape index (κ2) is 8.53. The smallest absolute Gasteiger partial charge is 0.155 e. The molecule has 33 heavy (non-hydrogen) atoms. The Balaban J connectivity index is 1.56. The maximum Gasteiger partial charge on any atom is 0.155 e. The number of benzene rings is 1. The number of rotatable bonds is 5. The third kappa shape index (κ3) is 3.69. The van der Waals surface area contributed by atoms with Crippen molar-refractivity contribution in [3.05, 3.63) is 41.5 Å². The molecule has 0 bridgehead atoms. The molecule has 180 valence electrons. The van der Waals surface area contributed by atoms with Gasteiger partial charge in [0, 0.05) is 32.8 Å². The van der Waals surface area contributed by atoms with Crippen molar-refractivity contribution in [2.24, 2.45) is 29.1 Å². The van der Waals surface area contributed by atoms with Gasteiger partial charge >= 0.3 is 0 Å². The number of carbonyl (C=O) groups excluding carboxylic acids is 1. The van der Waals surface area contributed by atoms with E-state index in [1.54, 1.807) is 0 Å². The fourth-order valence-corrected chi connectivity index (χ4v) is 8.54. The normalized spacial score (nSPS) is 40.0. The molecule has 0 spiro atoms. The summed E-state index contributed by atoms with van der Waals surface area (Å²) >= 11 is 0. The number of carbonyl (C=O) groups is 1. The van der Waals surface area contributed by atoms with E-state index in [1.807, 2.05) is 6.08 Å².